The van der Waals surface area contributed by atoms with Crippen molar-refractivity contribution in [1.29, 1.82) is 0 Å². The highest BCUT2D eigenvalue weighted by Gasteiger charge is 1.99. The van der Waals surface area contributed by atoms with Crippen LogP contribution in [-0.2, 0) is 11.2 Å². The molecule has 0 fully saturated rings. The summed E-state index contributed by atoms with van der Waals surface area (Å²) < 4.78 is 0. The Balaban J connectivity index is 1.98. The maximum atomic E-state index is 9.89. The topological polar surface area (TPSA) is 70.7 Å². The maximum Gasteiger partial charge on any atom is 0.309 e. The summed E-state index contributed by atoms with van der Waals surface area (Å²) in [5.74, 6) is 0. The van der Waals surface area contributed by atoms with E-state index in [9.17, 15) is 4.79 Å². The molecule has 0 aliphatic rings. The number of amides is 1. The summed E-state index contributed by atoms with van der Waals surface area (Å²) in [7, 11) is 0. The Morgan fingerprint density at radius 3 is 3.27 bits per heavy atom. The van der Waals surface area contributed by atoms with Gasteiger partial charge < -0.3 is 10.3 Å². The standard InChI is InChI=1S/C10H11N4O/c15-7-11-5-1-2-8-3-4-9-10(14-8)13-6-12-9/h3-4,6H,1-2,5H2,(H,11,15)(H,12,13,14). The molecule has 0 spiro atoms. The summed E-state index contributed by atoms with van der Waals surface area (Å²) >= 11 is 0. The van der Waals surface area contributed by atoms with Crippen LogP contribution in [0.25, 0.3) is 11.2 Å². The summed E-state index contributed by atoms with van der Waals surface area (Å²) in [6.45, 7) is 0.629. The van der Waals surface area contributed by atoms with Crippen molar-refractivity contribution in [2.45, 2.75) is 12.8 Å². The molecular weight excluding hydrogens is 192 g/mol. The van der Waals surface area contributed by atoms with E-state index in [-0.39, 0.29) is 0 Å². The number of hydrogen-bond donors (Lipinski definition) is 2. The third-order valence-corrected chi connectivity index (χ3v) is 2.15. The molecule has 0 aliphatic carbocycles. The van der Waals surface area contributed by atoms with Crippen LogP contribution in [0.5, 0.6) is 0 Å². The molecule has 0 unspecified atom stereocenters. The van der Waals surface area contributed by atoms with Crippen molar-refractivity contribution >= 4 is 17.6 Å². The SMILES string of the molecule is O=[C]NCCCc1ccc2[nH]cnc2n1. The molecule has 0 aliphatic heterocycles. The number of aromatic nitrogens is 3. The first-order chi connectivity index (χ1) is 7.40. The molecule has 5 heteroatoms. The fourth-order valence-electron chi connectivity index (χ4n) is 1.41. The van der Waals surface area contributed by atoms with Crippen LogP contribution in [0.1, 0.15) is 12.1 Å². The van der Waals surface area contributed by atoms with Crippen LogP contribution >= 0.6 is 0 Å². The molecule has 2 rings (SSSR count). The molecule has 2 N–H and O–H groups in total. The number of aryl methyl sites for hydroxylation is 1. The zero-order valence-electron chi connectivity index (χ0n) is 8.16. The Hall–Kier alpha value is -1.91. The summed E-state index contributed by atoms with van der Waals surface area (Å²) in [6, 6.07) is 3.93. The van der Waals surface area contributed by atoms with Crippen molar-refractivity contribution in [2.75, 3.05) is 6.54 Å². The van der Waals surface area contributed by atoms with Gasteiger partial charge in [0.05, 0.1) is 11.8 Å². The first kappa shape index (κ1) is 9.64. The highest BCUT2D eigenvalue weighted by molar-refractivity contribution is 5.69. The third kappa shape index (κ3) is 2.31. The third-order valence-electron chi connectivity index (χ3n) is 2.15. The van der Waals surface area contributed by atoms with Crippen molar-refractivity contribution in [2.24, 2.45) is 0 Å². The van der Waals surface area contributed by atoms with E-state index in [0.29, 0.717) is 6.54 Å². The number of nitrogens with one attached hydrogen (secondary N) is 2. The zero-order chi connectivity index (χ0) is 10.5. The second-order valence-electron chi connectivity index (χ2n) is 3.21. The van der Waals surface area contributed by atoms with Crippen LogP contribution in [0.15, 0.2) is 18.5 Å². The molecule has 0 bridgehead atoms. The lowest BCUT2D eigenvalue weighted by atomic mass is 10.2. The van der Waals surface area contributed by atoms with Crippen molar-refractivity contribution in [1.82, 2.24) is 20.3 Å². The summed E-state index contributed by atoms with van der Waals surface area (Å²) in [6.07, 6.45) is 4.96. The molecule has 5 nitrogen and oxygen atoms in total. The molecule has 15 heavy (non-hydrogen) atoms. The molecule has 0 saturated carbocycles. The van der Waals surface area contributed by atoms with Crippen LogP contribution in [0.2, 0.25) is 0 Å². The first-order valence-electron chi connectivity index (χ1n) is 4.79. The normalized spacial score (nSPS) is 10.4. The van der Waals surface area contributed by atoms with Gasteiger partial charge in [-0.2, -0.15) is 0 Å². The molecule has 1 radical (unpaired) electrons. The van der Waals surface area contributed by atoms with Crippen molar-refractivity contribution in [3.8, 4) is 0 Å². The van der Waals surface area contributed by atoms with E-state index in [2.05, 4.69) is 20.3 Å². The molecule has 1 amide bonds. The Labute approximate surface area is 86.9 Å². The highest BCUT2D eigenvalue weighted by Crippen LogP contribution is 2.08. The van der Waals surface area contributed by atoms with Crippen LogP contribution in [0.4, 0.5) is 0 Å². The van der Waals surface area contributed by atoms with Gasteiger partial charge in [-0.3, -0.25) is 4.79 Å². The Morgan fingerprint density at radius 1 is 1.47 bits per heavy atom. The molecule has 2 aromatic rings. The number of fused-ring (bicyclic) bond motifs is 1. The van der Waals surface area contributed by atoms with Gasteiger partial charge in [0.1, 0.15) is 0 Å². The lowest BCUT2D eigenvalue weighted by Gasteiger charge is -1.99. The van der Waals surface area contributed by atoms with E-state index < -0.39 is 0 Å². The van der Waals surface area contributed by atoms with Gasteiger partial charge in [0.2, 0.25) is 0 Å². The molecule has 2 aromatic heterocycles. The number of carbonyl (C=O) groups excluding carboxylic acids is 1. The summed E-state index contributed by atoms with van der Waals surface area (Å²) in [4.78, 5) is 21.3. The van der Waals surface area contributed by atoms with Crippen LogP contribution in [0, 0.1) is 0 Å². The summed E-state index contributed by atoms with van der Waals surface area (Å²) in [5.41, 5.74) is 2.67. The quantitative estimate of drug-likeness (QED) is 0.550. The monoisotopic (exact) mass is 203 g/mol. The van der Waals surface area contributed by atoms with Gasteiger partial charge in [-0.1, -0.05) is 0 Å². The average molecular weight is 203 g/mol. The Morgan fingerprint density at radius 2 is 2.40 bits per heavy atom. The van der Waals surface area contributed by atoms with Crippen molar-refractivity contribution in [3.63, 3.8) is 0 Å². The first-order valence-corrected chi connectivity index (χ1v) is 4.79. The molecule has 77 valence electrons. The van der Waals surface area contributed by atoms with E-state index in [0.717, 1.165) is 29.7 Å². The van der Waals surface area contributed by atoms with Gasteiger partial charge in [0.15, 0.2) is 5.65 Å². The zero-order valence-corrected chi connectivity index (χ0v) is 8.16. The van der Waals surface area contributed by atoms with Crippen LogP contribution < -0.4 is 5.32 Å². The van der Waals surface area contributed by atoms with Crippen LogP contribution in [0.3, 0.4) is 0 Å². The number of pyridine rings is 1. The molecule has 0 aromatic carbocycles. The van der Waals surface area contributed by atoms with E-state index >= 15 is 0 Å². The van der Waals surface area contributed by atoms with Gasteiger partial charge >= 0.3 is 6.41 Å². The lowest BCUT2D eigenvalue weighted by molar-refractivity contribution is 0.540. The maximum absolute atomic E-state index is 9.89. The average Bonchev–Trinajstić information content (AvgIpc) is 2.71. The van der Waals surface area contributed by atoms with E-state index in [4.69, 9.17) is 0 Å². The lowest BCUT2D eigenvalue weighted by Crippen LogP contribution is -2.12. The minimum Gasteiger partial charge on any atom is -0.348 e. The van der Waals surface area contributed by atoms with Gasteiger partial charge in [-0.15, -0.1) is 0 Å². The highest BCUT2D eigenvalue weighted by atomic mass is 16.1. The van der Waals surface area contributed by atoms with Gasteiger partial charge in [0, 0.05) is 12.2 Å². The summed E-state index contributed by atoms with van der Waals surface area (Å²) in [5, 5.41) is 2.50. The number of rotatable bonds is 5. The van der Waals surface area contributed by atoms with Gasteiger partial charge in [-0.25, -0.2) is 9.97 Å². The van der Waals surface area contributed by atoms with Gasteiger partial charge in [0.25, 0.3) is 0 Å². The largest absolute Gasteiger partial charge is 0.348 e. The molecule has 2 heterocycles. The second kappa shape index (κ2) is 4.54. The fraction of sp³-hybridized carbons (Fsp3) is 0.300. The van der Waals surface area contributed by atoms with Gasteiger partial charge in [-0.05, 0) is 25.0 Å². The molecular formula is C10H11N4O. The smallest absolute Gasteiger partial charge is 0.309 e. The minimum atomic E-state index is 0.629. The van der Waals surface area contributed by atoms with Crippen LogP contribution in [-0.4, -0.2) is 27.9 Å². The number of imidazole rings is 1. The van der Waals surface area contributed by atoms with E-state index in [1.807, 2.05) is 12.1 Å². The Bertz CT molecular complexity index is 451. The second-order valence-corrected chi connectivity index (χ2v) is 3.21. The minimum absolute atomic E-state index is 0.629. The number of hydrogen-bond acceptors (Lipinski definition) is 3. The molecule has 0 atom stereocenters. The van der Waals surface area contributed by atoms with E-state index in [1.54, 1.807) is 12.7 Å². The predicted molar refractivity (Wildman–Crippen MR) is 55.9 cm³/mol. The number of H-pyrrole nitrogens is 1. The number of aromatic amines is 1. The van der Waals surface area contributed by atoms with Crippen molar-refractivity contribution < 1.29 is 4.79 Å². The fourth-order valence-corrected chi connectivity index (χ4v) is 1.41. The predicted octanol–water partition coefficient (Wildman–Crippen LogP) is 0.547. The van der Waals surface area contributed by atoms with Crippen molar-refractivity contribution in [3.05, 3.63) is 24.2 Å². The van der Waals surface area contributed by atoms with E-state index in [1.165, 1.54) is 0 Å². The Kier molecular flexibility index (Phi) is 2.92. The molecule has 0 saturated heterocycles. The number of nitrogens with zero attached hydrogens (tertiary/aromatic N) is 2.